The Kier molecular flexibility index (Phi) is 4.77. The highest BCUT2D eigenvalue weighted by molar-refractivity contribution is 6.74. The lowest BCUT2D eigenvalue weighted by Gasteiger charge is -2.35. The Labute approximate surface area is 101 Å². The maximum absolute atomic E-state index is 5.91. The van der Waals surface area contributed by atoms with E-state index >= 15 is 0 Å². The van der Waals surface area contributed by atoms with Crippen LogP contribution in [0.2, 0.25) is 18.1 Å². The van der Waals surface area contributed by atoms with Crippen molar-refractivity contribution in [3.63, 3.8) is 0 Å². The van der Waals surface area contributed by atoms with Crippen LogP contribution < -0.4 is 0 Å². The molecule has 0 radical (unpaired) electrons. The Morgan fingerprint density at radius 3 is 2.31 bits per heavy atom. The molecule has 0 spiro atoms. The molecule has 0 aromatic heterocycles. The molecule has 1 saturated carbocycles. The van der Waals surface area contributed by atoms with E-state index in [2.05, 4.69) is 39.9 Å². The first-order valence-corrected chi connectivity index (χ1v) is 9.13. The molecule has 0 heterocycles. The molecule has 1 rings (SSSR count). The summed E-state index contributed by atoms with van der Waals surface area (Å²) < 4.78 is 11.4. The average molecular weight is 242 g/mol. The Hall–Kier alpha value is -0.123. The summed E-state index contributed by atoms with van der Waals surface area (Å²) in [6.07, 6.45) is 6.10. The fraction of sp³-hybridized carbons (Fsp3) is 0.846. The molecule has 0 unspecified atom stereocenters. The monoisotopic (exact) mass is 242 g/mol. The first kappa shape index (κ1) is 13.9. The lowest BCUT2D eigenvalue weighted by molar-refractivity contribution is 0.0210. The normalized spacial score (nSPS) is 17.2. The minimum absolute atomic E-state index is 0.267. The average Bonchev–Trinajstić information content (AvgIpc) is 2.05. The van der Waals surface area contributed by atoms with Crippen LogP contribution in [0, 0.1) is 0 Å². The Bertz CT molecular complexity index is 245. The third-order valence-electron chi connectivity index (χ3n) is 3.79. The van der Waals surface area contributed by atoms with Crippen molar-refractivity contribution in [2.45, 2.75) is 58.2 Å². The third kappa shape index (κ3) is 4.04. The van der Waals surface area contributed by atoms with Crippen LogP contribution in [0.4, 0.5) is 0 Å². The van der Waals surface area contributed by atoms with E-state index in [1.165, 1.54) is 19.3 Å². The highest BCUT2D eigenvalue weighted by atomic mass is 28.4. The lowest BCUT2D eigenvalue weighted by atomic mass is 9.92. The molecule has 0 aromatic rings. The standard InChI is InChI=1S/C13H26O2Si/c1-13(2,3)16(4,5)15-11-14-10-9-12-7-6-8-12/h9H,6-8,10-11H2,1-5H3. The van der Waals surface area contributed by atoms with Crippen LogP contribution in [0.15, 0.2) is 11.6 Å². The zero-order valence-electron chi connectivity index (χ0n) is 11.4. The van der Waals surface area contributed by atoms with Crippen LogP contribution in [-0.2, 0) is 9.16 Å². The summed E-state index contributed by atoms with van der Waals surface area (Å²) in [5, 5.41) is 0.267. The van der Waals surface area contributed by atoms with Crippen molar-refractivity contribution in [1.29, 1.82) is 0 Å². The highest BCUT2D eigenvalue weighted by Crippen LogP contribution is 2.36. The van der Waals surface area contributed by atoms with Gasteiger partial charge in [-0.15, -0.1) is 0 Å². The minimum atomic E-state index is -1.62. The van der Waals surface area contributed by atoms with Crippen molar-refractivity contribution in [2.24, 2.45) is 0 Å². The second kappa shape index (κ2) is 5.47. The molecule has 0 amide bonds. The summed E-state index contributed by atoms with van der Waals surface area (Å²) in [5.41, 5.74) is 1.55. The molecule has 0 bridgehead atoms. The molecule has 1 fully saturated rings. The zero-order chi connectivity index (χ0) is 12.2. The maximum atomic E-state index is 5.91. The number of hydrogen-bond acceptors (Lipinski definition) is 2. The van der Waals surface area contributed by atoms with Crippen LogP contribution in [0.3, 0.4) is 0 Å². The van der Waals surface area contributed by atoms with Gasteiger partial charge in [-0.25, -0.2) is 0 Å². The molecule has 94 valence electrons. The second-order valence-corrected chi connectivity index (χ2v) is 10.9. The van der Waals surface area contributed by atoms with Crippen molar-refractivity contribution < 1.29 is 9.16 Å². The Balaban J connectivity index is 2.14. The molecule has 0 saturated heterocycles. The van der Waals surface area contributed by atoms with E-state index in [9.17, 15) is 0 Å². The Morgan fingerprint density at radius 1 is 1.25 bits per heavy atom. The van der Waals surface area contributed by atoms with Gasteiger partial charge in [0.15, 0.2) is 8.32 Å². The SMILES string of the molecule is CC(C)(C)[Si](C)(C)OCOCC=C1CCC1. The van der Waals surface area contributed by atoms with E-state index in [4.69, 9.17) is 9.16 Å². The fourth-order valence-electron chi connectivity index (χ4n) is 1.22. The van der Waals surface area contributed by atoms with Gasteiger partial charge in [-0.05, 0) is 37.4 Å². The van der Waals surface area contributed by atoms with E-state index in [-0.39, 0.29) is 5.04 Å². The van der Waals surface area contributed by atoms with Crippen LogP contribution in [-0.4, -0.2) is 21.7 Å². The van der Waals surface area contributed by atoms with Crippen molar-refractivity contribution in [3.05, 3.63) is 11.6 Å². The van der Waals surface area contributed by atoms with E-state index in [0.29, 0.717) is 13.4 Å². The predicted molar refractivity (Wildman–Crippen MR) is 71.0 cm³/mol. The van der Waals surface area contributed by atoms with Crippen LogP contribution in [0.1, 0.15) is 40.0 Å². The topological polar surface area (TPSA) is 18.5 Å². The van der Waals surface area contributed by atoms with Gasteiger partial charge >= 0.3 is 0 Å². The molecule has 16 heavy (non-hydrogen) atoms. The van der Waals surface area contributed by atoms with Gasteiger partial charge in [0.05, 0.1) is 6.61 Å². The summed E-state index contributed by atoms with van der Waals surface area (Å²) in [7, 11) is -1.62. The van der Waals surface area contributed by atoms with Crippen LogP contribution in [0.25, 0.3) is 0 Å². The molecule has 0 aliphatic heterocycles. The minimum Gasteiger partial charge on any atom is -0.395 e. The first-order valence-electron chi connectivity index (χ1n) is 6.22. The smallest absolute Gasteiger partial charge is 0.195 e. The van der Waals surface area contributed by atoms with Gasteiger partial charge in [0.1, 0.15) is 6.79 Å². The van der Waals surface area contributed by atoms with Crippen LogP contribution in [0.5, 0.6) is 0 Å². The van der Waals surface area contributed by atoms with Gasteiger partial charge < -0.3 is 9.16 Å². The van der Waals surface area contributed by atoms with Gasteiger partial charge in [-0.3, -0.25) is 0 Å². The maximum Gasteiger partial charge on any atom is 0.195 e. The molecular formula is C13H26O2Si. The van der Waals surface area contributed by atoms with Gasteiger partial charge in [0.25, 0.3) is 0 Å². The number of ether oxygens (including phenoxy) is 1. The summed E-state index contributed by atoms with van der Waals surface area (Å²) in [5.74, 6) is 0. The lowest BCUT2D eigenvalue weighted by Crippen LogP contribution is -2.41. The number of rotatable bonds is 5. The van der Waals surface area contributed by atoms with E-state index in [1.807, 2.05) is 0 Å². The molecule has 2 nitrogen and oxygen atoms in total. The van der Waals surface area contributed by atoms with Crippen molar-refractivity contribution >= 4 is 8.32 Å². The largest absolute Gasteiger partial charge is 0.395 e. The van der Waals surface area contributed by atoms with Gasteiger partial charge in [0.2, 0.25) is 0 Å². The number of hydrogen-bond donors (Lipinski definition) is 0. The van der Waals surface area contributed by atoms with Gasteiger partial charge in [0, 0.05) is 0 Å². The van der Waals surface area contributed by atoms with Gasteiger partial charge in [-0.2, -0.15) is 0 Å². The fourth-order valence-corrected chi connectivity index (χ4v) is 2.03. The van der Waals surface area contributed by atoms with Gasteiger partial charge in [-0.1, -0.05) is 32.4 Å². The molecule has 0 atom stereocenters. The molecule has 3 heteroatoms. The first-order chi connectivity index (χ1) is 7.33. The Morgan fingerprint density at radius 2 is 1.88 bits per heavy atom. The summed E-state index contributed by atoms with van der Waals surface area (Å²) in [6, 6.07) is 0. The zero-order valence-corrected chi connectivity index (χ0v) is 12.4. The highest BCUT2D eigenvalue weighted by Gasteiger charge is 2.37. The molecular weight excluding hydrogens is 216 g/mol. The molecule has 0 aromatic carbocycles. The van der Waals surface area contributed by atoms with E-state index in [1.54, 1.807) is 5.57 Å². The second-order valence-electron chi connectivity index (χ2n) is 6.11. The van der Waals surface area contributed by atoms with E-state index in [0.717, 1.165) is 0 Å². The summed E-state index contributed by atoms with van der Waals surface area (Å²) in [6.45, 7) is 12.4. The third-order valence-corrected chi connectivity index (χ3v) is 8.25. The molecule has 1 aliphatic rings. The molecule has 0 N–H and O–H groups in total. The quantitative estimate of drug-likeness (QED) is 0.313. The van der Waals surface area contributed by atoms with E-state index < -0.39 is 8.32 Å². The summed E-state index contributed by atoms with van der Waals surface area (Å²) in [4.78, 5) is 0. The van der Waals surface area contributed by atoms with Crippen molar-refractivity contribution in [3.8, 4) is 0 Å². The number of allylic oxidation sites excluding steroid dienone is 1. The van der Waals surface area contributed by atoms with Crippen molar-refractivity contribution in [2.75, 3.05) is 13.4 Å². The molecule has 1 aliphatic carbocycles. The predicted octanol–water partition coefficient (Wildman–Crippen LogP) is 4.09. The van der Waals surface area contributed by atoms with Crippen LogP contribution >= 0.6 is 0 Å². The van der Waals surface area contributed by atoms with Crippen molar-refractivity contribution in [1.82, 2.24) is 0 Å². The summed E-state index contributed by atoms with van der Waals surface area (Å²) >= 11 is 0.